The molecule has 0 saturated carbocycles. The highest BCUT2D eigenvalue weighted by Gasteiger charge is 2.16. The van der Waals surface area contributed by atoms with Crippen molar-refractivity contribution in [1.82, 2.24) is 14.6 Å². The summed E-state index contributed by atoms with van der Waals surface area (Å²) in [6.07, 6.45) is 0. The van der Waals surface area contributed by atoms with Crippen LogP contribution in [0, 0.1) is 20.8 Å². The van der Waals surface area contributed by atoms with Crippen LogP contribution in [0.15, 0.2) is 42.5 Å². The van der Waals surface area contributed by atoms with Crippen molar-refractivity contribution >= 4 is 11.6 Å². The second kappa shape index (κ2) is 4.84. The molecule has 0 aliphatic heterocycles. The van der Waals surface area contributed by atoms with E-state index >= 15 is 0 Å². The van der Waals surface area contributed by atoms with Crippen molar-refractivity contribution in [2.45, 2.75) is 20.8 Å². The Morgan fingerprint density at radius 3 is 2.10 bits per heavy atom. The number of rotatable bonds is 2. The molecule has 0 saturated heterocycles. The fraction of sp³-hybridized carbons (Fsp3) is 0.188. The lowest BCUT2D eigenvalue weighted by Crippen LogP contribution is -2.14. The van der Waals surface area contributed by atoms with Crippen LogP contribution < -0.4 is 0 Å². The first-order valence-corrected chi connectivity index (χ1v) is 6.93. The molecule has 3 rings (SSSR count). The van der Waals surface area contributed by atoms with Gasteiger partial charge < -0.3 is 0 Å². The molecule has 3 nitrogen and oxygen atoms in total. The maximum atomic E-state index is 6.48. The molecule has 0 aliphatic rings. The van der Waals surface area contributed by atoms with Gasteiger partial charge in [0, 0.05) is 22.5 Å². The second-order valence-corrected chi connectivity index (χ2v) is 5.31. The van der Waals surface area contributed by atoms with Crippen LogP contribution in [0.5, 0.6) is 0 Å². The summed E-state index contributed by atoms with van der Waals surface area (Å²) >= 11 is 6.48. The van der Waals surface area contributed by atoms with E-state index in [-0.39, 0.29) is 0 Å². The zero-order valence-electron chi connectivity index (χ0n) is 11.8. The van der Waals surface area contributed by atoms with E-state index in [9.17, 15) is 0 Å². The van der Waals surface area contributed by atoms with Gasteiger partial charge in [0.25, 0.3) is 0 Å². The fourth-order valence-electron chi connectivity index (χ4n) is 2.42. The van der Waals surface area contributed by atoms with E-state index in [0.29, 0.717) is 5.15 Å². The number of hydrogen-bond donors (Lipinski definition) is 0. The van der Waals surface area contributed by atoms with Crippen molar-refractivity contribution in [2.24, 2.45) is 0 Å². The molecule has 0 spiro atoms. The van der Waals surface area contributed by atoms with Gasteiger partial charge in [-0.05, 0) is 32.9 Å². The fourth-order valence-corrected chi connectivity index (χ4v) is 2.63. The maximum absolute atomic E-state index is 6.48. The predicted molar refractivity (Wildman–Crippen MR) is 82.1 cm³/mol. The Kier molecular flexibility index (Phi) is 3.14. The van der Waals surface area contributed by atoms with Crippen LogP contribution in [0.3, 0.4) is 0 Å². The van der Waals surface area contributed by atoms with Gasteiger partial charge in [-0.1, -0.05) is 41.9 Å². The van der Waals surface area contributed by atoms with Crippen LogP contribution in [0.25, 0.3) is 11.3 Å². The number of hydrogen-bond acceptors (Lipinski definition) is 1. The summed E-state index contributed by atoms with van der Waals surface area (Å²) in [5, 5.41) is 5.34. The van der Waals surface area contributed by atoms with Crippen LogP contribution in [-0.2, 0) is 0 Å². The molecule has 0 amide bonds. The molecule has 3 aromatic rings. The molecule has 0 radical (unpaired) electrons. The average Bonchev–Trinajstić information content (AvgIpc) is 2.93. The minimum absolute atomic E-state index is 0.645. The maximum Gasteiger partial charge on any atom is 0.155 e. The molecule has 0 bridgehead atoms. The SMILES string of the molecule is Cc1c(-c2ccccc2)nn(-n2c(C)ccc2C)c1Cl. The zero-order valence-corrected chi connectivity index (χ0v) is 12.5. The van der Waals surface area contributed by atoms with Gasteiger partial charge in [0.05, 0.1) is 5.69 Å². The minimum atomic E-state index is 0.645. The van der Waals surface area contributed by atoms with Gasteiger partial charge >= 0.3 is 0 Å². The van der Waals surface area contributed by atoms with E-state index in [1.54, 1.807) is 4.79 Å². The Hall–Kier alpha value is -2.00. The number of halogens is 1. The van der Waals surface area contributed by atoms with Crippen molar-refractivity contribution in [3.63, 3.8) is 0 Å². The predicted octanol–water partition coefficient (Wildman–Crippen LogP) is 4.24. The molecule has 0 fully saturated rings. The van der Waals surface area contributed by atoms with Crippen molar-refractivity contribution in [3.8, 4) is 11.3 Å². The third-order valence-corrected chi connectivity index (χ3v) is 3.94. The van der Waals surface area contributed by atoms with Crippen LogP contribution in [0.2, 0.25) is 5.15 Å². The first kappa shape index (κ1) is 13.0. The van der Waals surface area contributed by atoms with Crippen LogP contribution in [0.4, 0.5) is 0 Å². The number of aryl methyl sites for hydroxylation is 2. The van der Waals surface area contributed by atoms with Crippen molar-refractivity contribution in [1.29, 1.82) is 0 Å². The van der Waals surface area contributed by atoms with Gasteiger partial charge in [-0.3, -0.25) is 0 Å². The van der Waals surface area contributed by atoms with Gasteiger partial charge in [0.15, 0.2) is 5.15 Å². The summed E-state index contributed by atoms with van der Waals surface area (Å²) in [5.41, 5.74) is 5.19. The molecule has 0 atom stereocenters. The summed E-state index contributed by atoms with van der Waals surface area (Å²) in [6.45, 7) is 6.09. The van der Waals surface area contributed by atoms with E-state index in [4.69, 9.17) is 16.7 Å². The highest BCUT2D eigenvalue weighted by molar-refractivity contribution is 6.30. The largest absolute Gasteiger partial charge is 0.241 e. The van der Waals surface area contributed by atoms with E-state index in [0.717, 1.165) is 28.2 Å². The first-order chi connectivity index (χ1) is 9.59. The number of benzene rings is 1. The average molecular weight is 286 g/mol. The number of aromatic nitrogens is 3. The molecule has 2 heterocycles. The van der Waals surface area contributed by atoms with Gasteiger partial charge in [-0.15, -0.1) is 5.10 Å². The van der Waals surface area contributed by atoms with Gasteiger partial charge in [-0.2, -0.15) is 4.79 Å². The Morgan fingerprint density at radius 1 is 0.900 bits per heavy atom. The zero-order chi connectivity index (χ0) is 14.3. The molecule has 102 valence electrons. The van der Waals surface area contributed by atoms with E-state index < -0.39 is 0 Å². The normalized spacial score (nSPS) is 11.0. The Morgan fingerprint density at radius 2 is 1.50 bits per heavy atom. The van der Waals surface area contributed by atoms with Crippen molar-refractivity contribution in [2.75, 3.05) is 0 Å². The molecule has 4 heteroatoms. The summed E-state index contributed by atoms with van der Waals surface area (Å²) in [4.78, 5) is 1.77. The smallest absolute Gasteiger partial charge is 0.155 e. The molecule has 20 heavy (non-hydrogen) atoms. The topological polar surface area (TPSA) is 22.8 Å². The van der Waals surface area contributed by atoms with E-state index in [2.05, 4.69) is 12.1 Å². The first-order valence-electron chi connectivity index (χ1n) is 6.55. The molecule has 2 aromatic heterocycles. The Labute approximate surface area is 123 Å². The molecular weight excluding hydrogens is 270 g/mol. The third-order valence-electron chi connectivity index (χ3n) is 3.51. The summed E-state index contributed by atoms with van der Waals surface area (Å²) in [5.74, 6) is 0. The highest BCUT2D eigenvalue weighted by atomic mass is 35.5. The standard InChI is InChI=1S/C16H16ClN3/c1-11-9-10-12(2)19(11)20-16(17)13(3)15(18-20)14-7-5-4-6-8-14/h4-10H,1-3H3. The summed E-state index contributed by atoms with van der Waals surface area (Å²) < 4.78 is 2.02. The number of nitrogens with zero attached hydrogens (tertiary/aromatic N) is 3. The lowest BCUT2D eigenvalue weighted by atomic mass is 10.1. The molecule has 0 N–H and O–H groups in total. The van der Waals surface area contributed by atoms with Crippen LogP contribution in [0.1, 0.15) is 17.0 Å². The van der Waals surface area contributed by atoms with Gasteiger partial charge in [-0.25, -0.2) is 4.68 Å². The lowest BCUT2D eigenvalue weighted by Gasteiger charge is -2.10. The molecular formula is C16H16ClN3. The minimum Gasteiger partial charge on any atom is -0.241 e. The Bertz CT molecular complexity index is 734. The van der Waals surface area contributed by atoms with Gasteiger partial charge in [0.1, 0.15) is 0 Å². The summed E-state index contributed by atoms with van der Waals surface area (Å²) in [7, 11) is 0. The summed E-state index contributed by atoms with van der Waals surface area (Å²) in [6, 6.07) is 14.2. The monoisotopic (exact) mass is 285 g/mol. The lowest BCUT2D eigenvalue weighted by molar-refractivity contribution is 0.551. The van der Waals surface area contributed by atoms with Crippen molar-refractivity contribution in [3.05, 3.63) is 64.6 Å². The Balaban J connectivity index is 2.21. The van der Waals surface area contributed by atoms with Crippen LogP contribution >= 0.6 is 11.6 Å². The highest BCUT2D eigenvalue weighted by Crippen LogP contribution is 2.28. The molecule has 0 unspecified atom stereocenters. The molecule has 1 aromatic carbocycles. The quantitative estimate of drug-likeness (QED) is 0.690. The van der Waals surface area contributed by atoms with Crippen LogP contribution in [-0.4, -0.2) is 14.6 Å². The van der Waals surface area contributed by atoms with Crippen molar-refractivity contribution < 1.29 is 0 Å². The van der Waals surface area contributed by atoms with Gasteiger partial charge in [0.2, 0.25) is 0 Å². The third kappa shape index (κ3) is 1.95. The molecule has 0 aliphatic carbocycles. The second-order valence-electron chi connectivity index (χ2n) is 4.95. The van der Waals surface area contributed by atoms with E-state index in [1.165, 1.54) is 0 Å². The van der Waals surface area contributed by atoms with E-state index in [1.807, 2.05) is 55.8 Å².